The van der Waals surface area contributed by atoms with Crippen molar-refractivity contribution in [2.75, 3.05) is 0 Å². The summed E-state index contributed by atoms with van der Waals surface area (Å²) in [5, 5.41) is 11.4. The minimum atomic E-state index is -0.885. The molecule has 0 saturated heterocycles. The zero-order valence-corrected chi connectivity index (χ0v) is 12.5. The first-order valence-electron chi connectivity index (χ1n) is 5.69. The minimum absolute atomic E-state index is 0.356. The van der Waals surface area contributed by atoms with E-state index >= 15 is 0 Å². The Bertz CT molecular complexity index is 782. The Hall–Kier alpha value is -1.50. The quantitative estimate of drug-likeness (QED) is 0.736. The van der Waals surface area contributed by atoms with Crippen LogP contribution in [0.5, 0.6) is 0 Å². The molecule has 1 N–H and O–H groups in total. The first kappa shape index (κ1) is 13.5. The fourth-order valence-electron chi connectivity index (χ4n) is 1.75. The molecule has 4 nitrogen and oxygen atoms in total. The summed E-state index contributed by atoms with van der Waals surface area (Å²) in [5.41, 5.74) is 1.78. The van der Waals surface area contributed by atoms with Crippen molar-refractivity contribution in [1.29, 1.82) is 0 Å². The van der Waals surface area contributed by atoms with Gasteiger partial charge < -0.3 is 9.51 Å². The Morgan fingerprint density at radius 2 is 2.30 bits per heavy atom. The van der Waals surface area contributed by atoms with Crippen LogP contribution in [-0.4, -0.2) is 20.5 Å². The lowest BCUT2D eigenvalue weighted by Gasteiger charge is -1.93. The van der Waals surface area contributed by atoms with Gasteiger partial charge in [0.05, 0.1) is 10.7 Å². The lowest BCUT2D eigenvalue weighted by Crippen LogP contribution is -1.89. The monoisotopic (exact) mass is 324 g/mol. The van der Waals surface area contributed by atoms with Gasteiger partial charge in [-0.25, -0.2) is 9.78 Å². The predicted octanol–water partition coefficient (Wildman–Crippen LogP) is 4.04. The summed E-state index contributed by atoms with van der Waals surface area (Å²) < 4.78 is 1.88. The molecular weight excluding hydrogens is 316 g/mol. The van der Waals surface area contributed by atoms with Crippen LogP contribution < -0.4 is 0 Å². The van der Waals surface area contributed by atoms with E-state index < -0.39 is 5.97 Å². The number of nitrogens with zero attached hydrogens (tertiary/aromatic N) is 2. The Morgan fingerprint density at radius 1 is 1.45 bits per heavy atom. The topological polar surface area (TPSA) is 54.6 Å². The van der Waals surface area contributed by atoms with Crippen molar-refractivity contribution in [2.45, 2.75) is 10.6 Å². The molecule has 3 heterocycles. The van der Waals surface area contributed by atoms with E-state index in [1.807, 2.05) is 28.2 Å². The van der Waals surface area contributed by atoms with Gasteiger partial charge in [0.2, 0.25) is 0 Å². The van der Waals surface area contributed by atoms with Gasteiger partial charge in [-0.2, -0.15) is 0 Å². The third-order valence-corrected chi connectivity index (χ3v) is 4.94. The van der Waals surface area contributed by atoms with E-state index in [-0.39, 0.29) is 0 Å². The number of fused-ring (bicyclic) bond motifs is 1. The van der Waals surface area contributed by atoms with Gasteiger partial charge in [-0.1, -0.05) is 11.6 Å². The summed E-state index contributed by atoms with van der Waals surface area (Å²) in [7, 11) is 0. The van der Waals surface area contributed by atoms with E-state index in [0.29, 0.717) is 15.7 Å². The molecule has 0 spiro atoms. The molecule has 0 saturated carbocycles. The molecule has 0 aliphatic rings. The fraction of sp³-hybridized carbons (Fsp3) is 0.0769. The average Bonchev–Trinajstić information content (AvgIpc) is 3.01. The number of hydrogen-bond donors (Lipinski definition) is 1. The van der Waals surface area contributed by atoms with Crippen LogP contribution in [0.3, 0.4) is 0 Å². The molecule has 0 bridgehead atoms. The first-order chi connectivity index (χ1) is 9.61. The molecule has 3 aromatic heterocycles. The number of imidazole rings is 1. The molecule has 0 amide bonds. The van der Waals surface area contributed by atoms with Crippen molar-refractivity contribution in [3.63, 3.8) is 0 Å². The van der Waals surface area contributed by atoms with E-state index in [2.05, 4.69) is 4.98 Å². The van der Waals surface area contributed by atoms with Gasteiger partial charge in [-0.05, 0) is 18.2 Å². The number of thiophene rings is 1. The van der Waals surface area contributed by atoms with Crippen LogP contribution in [0.25, 0.3) is 5.65 Å². The SMILES string of the molecule is O=C(O)c1cc(SCc2cn3cc(Cl)ccc3n2)cs1. The van der Waals surface area contributed by atoms with Crippen LogP contribution in [0.1, 0.15) is 15.4 Å². The van der Waals surface area contributed by atoms with Crippen LogP contribution in [0.4, 0.5) is 0 Å². The number of aromatic nitrogens is 2. The van der Waals surface area contributed by atoms with E-state index in [9.17, 15) is 4.79 Å². The summed E-state index contributed by atoms with van der Waals surface area (Å²) in [6.07, 6.45) is 3.74. The number of aromatic carboxylic acids is 1. The minimum Gasteiger partial charge on any atom is -0.477 e. The summed E-state index contributed by atoms with van der Waals surface area (Å²) in [6.45, 7) is 0. The molecular formula is C13H9ClN2O2S2. The molecule has 0 atom stereocenters. The van der Waals surface area contributed by atoms with Gasteiger partial charge in [0.15, 0.2) is 0 Å². The highest BCUT2D eigenvalue weighted by atomic mass is 35.5. The average molecular weight is 325 g/mol. The lowest BCUT2D eigenvalue weighted by molar-refractivity contribution is 0.0702. The van der Waals surface area contributed by atoms with Crippen molar-refractivity contribution < 1.29 is 9.90 Å². The fourth-order valence-corrected chi connectivity index (χ4v) is 3.67. The van der Waals surface area contributed by atoms with E-state index in [1.165, 1.54) is 11.3 Å². The maximum atomic E-state index is 10.8. The Morgan fingerprint density at radius 3 is 3.05 bits per heavy atom. The summed E-state index contributed by atoms with van der Waals surface area (Å²) >= 11 is 8.73. The number of pyridine rings is 1. The third kappa shape index (κ3) is 2.82. The van der Waals surface area contributed by atoms with E-state index in [4.69, 9.17) is 16.7 Å². The third-order valence-electron chi connectivity index (χ3n) is 2.64. The Kier molecular flexibility index (Phi) is 3.69. The highest BCUT2D eigenvalue weighted by Gasteiger charge is 2.08. The van der Waals surface area contributed by atoms with Crippen LogP contribution in [0, 0.1) is 0 Å². The van der Waals surface area contributed by atoms with Gasteiger partial charge in [-0.3, -0.25) is 0 Å². The standard InChI is InChI=1S/C13H9ClN2O2S2/c14-8-1-2-12-15-9(5-16(12)4-8)6-19-10-3-11(13(17)18)20-7-10/h1-5,7H,6H2,(H,17,18). The number of carbonyl (C=O) groups is 1. The van der Waals surface area contributed by atoms with Crippen LogP contribution in [0.15, 0.2) is 40.9 Å². The van der Waals surface area contributed by atoms with E-state index in [1.54, 1.807) is 23.9 Å². The van der Waals surface area contributed by atoms with Crippen molar-refractivity contribution in [3.8, 4) is 0 Å². The summed E-state index contributed by atoms with van der Waals surface area (Å²) in [6, 6.07) is 5.35. The predicted molar refractivity (Wildman–Crippen MR) is 81.0 cm³/mol. The van der Waals surface area contributed by atoms with Crippen molar-refractivity contribution >= 4 is 46.3 Å². The number of halogens is 1. The lowest BCUT2D eigenvalue weighted by atomic mass is 10.5. The van der Waals surface area contributed by atoms with Gasteiger partial charge in [0.1, 0.15) is 10.5 Å². The van der Waals surface area contributed by atoms with Crippen molar-refractivity contribution in [3.05, 3.63) is 51.6 Å². The van der Waals surface area contributed by atoms with Crippen LogP contribution in [-0.2, 0) is 5.75 Å². The first-order valence-corrected chi connectivity index (χ1v) is 7.94. The van der Waals surface area contributed by atoms with Crippen LogP contribution in [0.2, 0.25) is 5.02 Å². The maximum Gasteiger partial charge on any atom is 0.345 e. The number of thioether (sulfide) groups is 1. The molecule has 7 heteroatoms. The van der Waals surface area contributed by atoms with Gasteiger partial charge >= 0.3 is 5.97 Å². The van der Waals surface area contributed by atoms with E-state index in [0.717, 1.165) is 16.2 Å². The molecule has 0 aliphatic heterocycles. The number of rotatable bonds is 4. The highest BCUT2D eigenvalue weighted by Crippen LogP contribution is 2.27. The Labute approximate surface area is 128 Å². The molecule has 0 aliphatic carbocycles. The molecule has 0 radical (unpaired) electrons. The second kappa shape index (κ2) is 5.47. The van der Waals surface area contributed by atoms with Crippen LogP contribution >= 0.6 is 34.7 Å². The largest absolute Gasteiger partial charge is 0.477 e. The maximum absolute atomic E-state index is 10.8. The molecule has 102 valence electrons. The second-order valence-corrected chi connectivity index (χ2v) is 6.48. The van der Waals surface area contributed by atoms with Gasteiger partial charge in [0.25, 0.3) is 0 Å². The van der Waals surface area contributed by atoms with Crippen molar-refractivity contribution in [1.82, 2.24) is 9.38 Å². The molecule has 3 aromatic rings. The van der Waals surface area contributed by atoms with Gasteiger partial charge in [-0.15, -0.1) is 23.1 Å². The zero-order valence-electron chi connectivity index (χ0n) is 10.1. The molecule has 0 unspecified atom stereocenters. The zero-order chi connectivity index (χ0) is 14.1. The Balaban J connectivity index is 1.74. The normalized spacial score (nSPS) is 11.1. The van der Waals surface area contributed by atoms with Gasteiger partial charge in [0, 0.05) is 28.4 Å². The second-order valence-electron chi connectivity index (χ2n) is 4.09. The van der Waals surface area contributed by atoms with Crippen molar-refractivity contribution in [2.24, 2.45) is 0 Å². The summed E-state index contributed by atoms with van der Waals surface area (Å²) in [4.78, 5) is 16.6. The number of hydrogen-bond acceptors (Lipinski definition) is 4. The molecule has 0 aromatic carbocycles. The summed E-state index contributed by atoms with van der Waals surface area (Å²) in [5.74, 6) is -0.195. The highest BCUT2D eigenvalue weighted by molar-refractivity contribution is 7.98. The number of carboxylic acids is 1. The molecule has 0 fully saturated rings. The number of carboxylic acid groups (broad SMARTS) is 1. The molecule has 3 rings (SSSR count). The smallest absolute Gasteiger partial charge is 0.345 e. The molecule has 20 heavy (non-hydrogen) atoms.